The van der Waals surface area contributed by atoms with Crippen molar-refractivity contribution in [3.8, 4) is 5.75 Å². The second-order valence-corrected chi connectivity index (χ2v) is 5.51. The van der Waals surface area contributed by atoms with Crippen molar-refractivity contribution in [1.29, 1.82) is 0 Å². The fraction of sp³-hybridized carbons (Fsp3) is 0.364. The number of hydrogen-bond acceptors (Lipinski definition) is 5. The highest BCUT2D eigenvalue weighted by Gasteiger charge is 2.31. The van der Waals surface area contributed by atoms with E-state index in [1.807, 2.05) is 0 Å². The van der Waals surface area contributed by atoms with Gasteiger partial charge in [-0.2, -0.15) is 0 Å². The molecule has 0 heterocycles. The molecule has 0 saturated carbocycles. The van der Waals surface area contributed by atoms with E-state index in [-0.39, 0.29) is 6.42 Å². The first-order valence-corrected chi connectivity index (χ1v) is 6.48. The summed E-state index contributed by atoms with van der Waals surface area (Å²) in [5, 5.41) is 0. The normalized spacial score (nSPS) is 11.2. The van der Waals surface area contributed by atoms with Crippen molar-refractivity contribution in [2.75, 3.05) is 21.3 Å². The van der Waals surface area contributed by atoms with Crippen LogP contribution in [0, 0.1) is 0 Å². The third-order valence-electron chi connectivity index (χ3n) is 2.30. The molecular formula is C11H15O5P. The molecule has 17 heavy (non-hydrogen) atoms. The average Bonchev–Trinajstić information content (AvgIpc) is 2.38. The standard InChI is InChI=1S/C11H15O5P/c1-14-10-6-4-9(5-7-10)8-11(12)17(13,15-2)16-3/h4-7H,8H2,1-3H3. The maximum Gasteiger partial charge on any atom is 0.396 e. The lowest BCUT2D eigenvalue weighted by molar-refractivity contribution is -0.113. The van der Waals surface area contributed by atoms with E-state index < -0.39 is 13.1 Å². The molecule has 0 bridgehead atoms. The lowest BCUT2D eigenvalue weighted by Gasteiger charge is -2.11. The van der Waals surface area contributed by atoms with E-state index in [9.17, 15) is 9.36 Å². The van der Waals surface area contributed by atoms with Gasteiger partial charge in [0.2, 0.25) is 5.52 Å². The van der Waals surface area contributed by atoms with Crippen LogP contribution >= 0.6 is 7.60 Å². The molecule has 6 heteroatoms. The quantitative estimate of drug-likeness (QED) is 0.732. The van der Waals surface area contributed by atoms with Gasteiger partial charge in [0.1, 0.15) is 5.75 Å². The Hall–Kier alpha value is -1.16. The summed E-state index contributed by atoms with van der Waals surface area (Å²) in [6, 6.07) is 6.92. The van der Waals surface area contributed by atoms with Crippen molar-refractivity contribution in [3.63, 3.8) is 0 Å². The predicted octanol–water partition coefficient (Wildman–Crippen LogP) is 2.25. The SMILES string of the molecule is COc1ccc(CC(=O)P(=O)(OC)OC)cc1. The van der Waals surface area contributed by atoms with Crippen molar-refractivity contribution in [2.24, 2.45) is 0 Å². The van der Waals surface area contributed by atoms with Crippen LogP contribution < -0.4 is 4.74 Å². The summed E-state index contributed by atoms with van der Waals surface area (Å²) in [5.74, 6) is 0.697. The van der Waals surface area contributed by atoms with Gasteiger partial charge < -0.3 is 13.8 Å². The van der Waals surface area contributed by atoms with E-state index >= 15 is 0 Å². The van der Waals surface area contributed by atoms with Gasteiger partial charge in [0.05, 0.1) is 7.11 Å². The molecule has 0 radical (unpaired) electrons. The molecule has 0 spiro atoms. The minimum absolute atomic E-state index is 0.00293. The Bertz CT molecular complexity index is 418. The van der Waals surface area contributed by atoms with Crippen LogP contribution in [0.25, 0.3) is 0 Å². The highest BCUT2D eigenvalue weighted by atomic mass is 31.2. The van der Waals surface area contributed by atoms with Gasteiger partial charge in [-0.3, -0.25) is 9.36 Å². The van der Waals surface area contributed by atoms with Crippen molar-refractivity contribution < 1.29 is 23.1 Å². The van der Waals surface area contributed by atoms with Gasteiger partial charge in [-0.15, -0.1) is 0 Å². The molecule has 1 aromatic carbocycles. The molecule has 94 valence electrons. The molecular weight excluding hydrogens is 243 g/mol. The highest BCUT2D eigenvalue weighted by molar-refractivity contribution is 7.71. The fourth-order valence-electron chi connectivity index (χ4n) is 1.29. The zero-order valence-corrected chi connectivity index (χ0v) is 10.9. The van der Waals surface area contributed by atoms with E-state index in [0.717, 1.165) is 5.56 Å². The Kier molecular flexibility index (Phi) is 4.87. The number of hydrogen-bond donors (Lipinski definition) is 0. The monoisotopic (exact) mass is 258 g/mol. The van der Waals surface area contributed by atoms with Gasteiger partial charge in [-0.25, -0.2) is 0 Å². The van der Waals surface area contributed by atoms with Crippen LogP contribution in [0.1, 0.15) is 5.56 Å². The lowest BCUT2D eigenvalue weighted by atomic mass is 10.2. The summed E-state index contributed by atoms with van der Waals surface area (Å²) < 4.78 is 26.0. The maximum atomic E-state index is 11.8. The predicted molar refractivity (Wildman–Crippen MR) is 63.3 cm³/mol. The van der Waals surface area contributed by atoms with Gasteiger partial charge in [0, 0.05) is 20.6 Å². The first kappa shape index (κ1) is 13.9. The van der Waals surface area contributed by atoms with Gasteiger partial charge in [-0.05, 0) is 17.7 Å². The third kappa shape index (κ3) is 3.40. The first-order valence-electron chi connectivity index (χ1n) is 4.93. The van der Waals surface area contributed by atoms with Crippen molar-refractivity contribution in [3.05, 3.63) is 29.8 Å². The Balaban J connectivity index is 2.77. The van der Waals surface area contributed by atoms with Crippen molar-refractivity contribution in [2.45, 2.75) is 6.42 Å². The highest BCUT2D eigenvalue weighted by Crippen LogP contribution is 2.48. The zero-order valence-electron chi connectivity index (χ0n) is 10.0. The Morgan fingerprint density at radius 1 is 1.12 bits per heavy atom. The largest absolute Gasteiger partial charge is 0.497 e. The van der Waals surface area contributed by atoms with E-state index in [1.165, 1.54) is 14.2 Å². The van der Waals surface area contributed by atoms with Crippen LogP contribution in [0.5, 0.6) is 5.75 Å². The molecule has 0 amide bonds. The fourth-order valence-corrected chi connectivity index (χ4v) is 2.23. The second kappa shape index (κ2) is 5.96. The minimum atomic E-state index is -3.63. The summed E-state index contributed by atoms with van der Waals surface area (Å²) in [4.78, 5) is 11.7. The third-order valence-corrected chi connectivity index (χ3v) is 4.03. The number of carbonyl (C=O) groups excluding carboxylic acids is 1. The summed E-state index contributed by atoms with van der Waals surface area (Å²) in [7, 11) is 0.315. The van der Waals surface area contributed by atoms with E-state index in [1.54, 1.807) is 31.4 Å². The molecule has 0 saturated heterocycles. The van der Waals surface area contributed by atoms with Crippen molar-refractivity contribution in [1.82, 2.24) is 0 Å². The summed E-state index contributed by atoms with van der Waals surface area (Å²) in [6.07, 6.45) is 0.00293. The molecule has 5 nitrogen and oxygen atoms in total. The lowest BCUT2D eigenvalue weighted by Crippen LogP contribution is -2.06. The van der Waals surface area contributed by atoms with Crippen LogP contribution in [0.2, 0.25) is 0 Å². The van der Waals surface area contributed by atoms with Crippen LogP contribution in [-0.4, -0.2) is 26.9 Å². The molecule has 0 fully saturated rings. The Labute approximate surface area is 100 Å². The number of rotatable bonds is 6. The average molecular weight is 258 g/mol. The molecule has 0 aliphatic carbocycles. The number of ether oxygens (including phenoxy) is 1. The van der Waals surface area contributed by atoms with E-state index in [4.69, 9.17) is 4.74 Å². The molecule has 0 aliphatic rings. The molecule has 0 N–H and O–H groups in total. The summed E-state index contributed by atoms with van der Waals surface area (Å²) in [5.41, 5.74) is 0.165. The van der Waals surface area contributed by atoms with Gasteiger partial charge >= 0.3 is 7.60 Å². The van der Waals surface area contributed by atoms with Crippen LogP contribution in [-0.2, 0) is 24.8 Å². The minimum Gasteiger partial charge on any atom is -0.497 e. The van der Waals surface area contributed by atoms with Gasteiger partial charge in [0.25, 0.3) is 0 Å². The number of benzene rings is 1. The molecule has 0 unspecified atom stereocenters. The second-order valence-electron chi connectivity index (χ2n) is 3.28. The molecule has 1 aromatic rings. The summed E-state index contributed by atoms with van der Waals surface area (Å²) >= 11 is 0. The molecule has 0 atom stereocenters. The zero-order chi connectivity index (χ0) is 12.9. The molecule has 0 aromatic heterocycles. The number of methoxy groups -OCH3 is 1. The van der Waals surface area contributed by atoms with E-state index in [2.05, 4.69) is 9.05 Å². The smallest absolute Gasteiger partial charge is 0.396 e. The first-order chi connectivity index (χ1) is 8.05. The summed E-state index contributed by atoms with van der Waals surface area (Å²) in [6.45, 7) is 0. The van der Waals surface area contributed by atoms with Gasteiger partial charge in [-0.1, -0.05) is 12.1 Å². The van der Waals surface area contributed by atoms with Crippen LogP contribution in [0.3, 0.4) is 0 Å². The van der Waals surface area contributed by atoms with Crippen molar-refractivity contribution >= 4 is 13.1 Å². The maximum absolute atomic E-state index is 11.8. The number of carbonyl (C=O) groups is 1. The van der Waals surface area contributed by atoms with Crippen LogP contribution in [0.4, 0.5) is 0 Å². The Morgan fingerprint density at radius 3 is 2.06 bits per heavy atom. The molecule has 0 aliphatic heterocycles. The molecule has 1 rings (SSSR count). The Morgan fingerprint density at radius 2 is 1.65 bits per heavy atom. The van der Waals surface area contributed by atoms with Gasteiger partial charge in [0.15, 0.2) is 0 Å². The topological polar surface area (TPSA) is 61.8 Å². The van der Waals surface area contributed by atoms with Crippen LogP contribution in [0.15, 0.2) is 24.3 Å². The van der Waals surface area contributed by atoms with E-state index in [0.29, 0.717) is 5.75 Å².